The van der Waals surface area contributed by atoms with Crippen molar-refractivity contribution in [2.75, 3.05) is 0 Å². The van der Waals surface area contributed by atoms with Crippen LogP contribution in [-0.2, 0) is 11.3 Å². The lowest BCUT2D eigenvalue weighted by Gasteiger charge is -2.07. The van der Waals surface area contributed by atoms with Crippen LogP contribution in [0.3, 0.4) is 0 Å². The van der Waals surface area contributed by atoms with E-state index in [1.54, 1.807) is 24.3 Å². The normalized spacial score (nSPS) is 11.0. The average molecular weight is 335 g/mol. The Balaban J connectivity index is 2.32. The van der Waals surface area contributed by atoms with Crippen LogP contribution >= 0.6 is 22.9 Å². The maximum absolute atomic E-state index is 12.3. The van der Waals surface area contributed by atoms with Crippen LogP contribution in [0, 0.1) is 6.92 Å². The molecule has 0 bridgehead atoms. The van der Waals surface area contributed by atoms with Gasteiger partial charge in [-0.1, -0.05) is 23.7 Å². The molecule has 22 heavy (non-hydrogen) atoms. The van der Waals surface area contributed by atoms with Gasteiger partial charge in [0.15, 0.2) is 5.52 Å². The van der Waals surface area contributed by atoms with Gasteiger partial charge in [-0.05, 0) is 19.1 Å². The molecule has 8 heteroatoms. The second kappa shape index (κ2) is 5.51. The summed E-state index contributed by atoms with van der Waals surface area (Å²) in [6, 6.07) is 7.08. The molecule has 3 aromatic rings. The third-order valence-corrected chi connectivity index (χ3v) is 4.26. The second-order valence-electron chi connectivity index (χ2n) is 4.70. The van der Waals surface area contributed by atoms with Crippen LogP contribution in [0.25, 0.3) is 21.5 Å². The number of aromatic nitrogens is 3. The van der Waals surface area contributed by atoms with Crippen LogP contribution in [-0.4, -0.2) is 20.7 Å². The van der Waals surface area contributed by atoms with E-state index in [0.29, 0.717) is 20.9 Å². The Morgan fingerprint density at radius 1 is 1.36 bits per heavy atom. The van der Waals surface area contributed by atoms with E-state index in [4.69, 9.17) is 17.3 Å². The van der Waals surface area contributed by atoms with Gasteiger partial charge in [0, 0.05) is 10.6 Å². The van der Waals surface area contributed by atoms with E-state index >= 15 is 0 Å². The predicted molar refractivity (Wildman–Crippen MR) is 86.1 cm³/mol. The zero-order chi connectivity index (χ0) is 15.9. The van der Waals surface area contributed by atoms with Crippen molar-refractivity contribution in [1.29, 1.82) is 0 Å². The SMILES string of the molecule is Cc1nc2c(=O)n(CC(N)=O)nc(-c3ccc(Cl)cc3)c2s1. The van der Waals surface area contributed by atoms with Crippen LogP contribution in [0.2, 0.25) is 5.02 Å². The van der Waals surface area contributed by atoms with Gasteiger partial charge in [-0.3, -0.25) is 9.59 Å². The molecule has 1 aromatic carbocycles. The molecule has 0 unspecified atom stereocenters. The van der Waals surface area contributed by atoms with Gasteiger partial charge in [-0.25, -0.2) is 9.67 Å². The minimum Gasteiger partial charge on any atom is -0.368 e. The number of hydrogen-bond acceptors (Lipinski definition) is 5. The van der Waals surface area contributed by atoms with Gasteiger partial charge in [0.25, 0.3) is 5.56 Å². The first kappa shape index (κ1) is 14.7. The van der Waals surface area contributed by atoms with E-state index in [0.717, 1.165) is 15.3 Å². The van der Waals surface area contributed by atoms with Gasteiger partial charge in [-0.15, -0.1) is 11.3 Å². The topological polar surface area (TPSA) is 90.9 Å². The maximum Gasteiger partial charge on any atom is 0.294 e. The molecule has 0 aliphatic carbocycles. The van der Waals surface area contributed by atoms with Crippen LogP contribution in [0.4, 0.5) is 0 Å². The summed E-state index contributed by atoms with van der Waals surface area (Å²) >= 11 is 7.28. The van der Waals surface area contributed by atoms with E-state index in [1.165, 1.54) is 11.3 Å². The number of halogens is 1. The molecule has 6 nitrogen and oxygen atoms in total. The summed E-state index contributed by atoms with van der Waals surface area (Å²) in [4.78, 5) is 27.7. The molecule has 0 saturated heterocycles. The first-order valence-electron chi connectivity index (χ1n) is 6.38. The average Bonchev–Trinajstić information content (AvgIpc) is 2.85. The highest BCUT2D eigenvalue weighted by molar-refractivity contribution is 7.19. The lowest BCUT2D eigenvalue weighted by molar-refractivity contribution is -0.118. The lowest BCUT2D eigenvalue weighted by atomic mass is 10.1. The molecular formula is C14H11ClN4O2S. The summed E-state index contributed by atoms with van der Waals surface area (Å²) in [7, 11) is 0. The fraction of sp³-hybridized carbons (Fsp3) is 0.143. The Morgan fingerprint density at radius 3 is 2.68 bits per heavy atom. The maximum atomic E-state index is 12.3. The van der Waals surface area contributed by atoms with Gasteiger partial charge in [0.1, 0.15) is 12.2 Å². The zero-order valence-electron chi connectivity index (χ0n) is 11.5. The molecule has 0 aliphatic rings. The fourth-order valence-corrected chi connectivity index (χ4v) is 3.16. The van der Waals surface area contributed by atoms with E-state index < -0.39 is 11.5 Å². The number of benzene rings is 1. The number of nitrogens with two attached hydrogens (primary N) is 1. The molecule has 0 saturated carbocycles. The molecule has 2 aromatic heterocycles. The number of fused-ring (bicyclic) bond motifs is 1. The van der Waals surface area contributed by atoms with Gasteiger partial charge in [-0.2, -0.15) is 5.10 Å². The summed E-state index contributed by atoms with van der Waals surface area (Å²) in [5, 5.41) is 5.64. The van der Waals surface area contributed by atoms with Crippen LogP contribution in [0.15, 0.2) is 29.1 Å². The van der Waals surface area contributed by atoms with Gasteiger partial charge >= 0.3 is 0 Å². The number of amides is 1. The van der Waals surface area contributed by atoms with E-state index in [1.807, 2.05) is 6.92 Å². The minimum absolute atomic E-state index is 0.286. The summed E-state index contributed by atoms with van der Waals surface area (Å²) in [5.74, 6) is -0.636. The third-order valence-electron chi connectivity index (χ3n) is 3.03. The van der Waals surface area contributed by atoms with Crippen LogP contribution in [0.1, 0.15) is 5.01 Å². The Hall–Kier alpha value is -2.25. The second-order valence-corrected chi connectivity index (χ2v) is 6.33. The predicted octanol–water partition coefficient (Wildman–Crippen LogP) is 1.97. The van der Waals surface area contributed by atoms with Gasteiger partial charge in [0.2, 0.25) is 5.91 Å². The highest BCUT2D eigenvalue weighted by Gasteiger charge is 2.17. The summed E-state index contributed by atoms with van der Waals surface area (Å²) in [6.45, 7) is 1.53. The Morgan fingerprint density at radius 2 is 2.05 bits per heavy atom. The van der Waals surface area contributed by atoms with Crippen molar-refractivity contribution in [3.05, 3.63) is 44.6 Å². The van der Waals surface area contributed by atoms with E-state index in [2.05, 4.69) is 10.1 Å². The molecular weight excluding hydrogens is 324 g/mol. The fourth-order valence-electron chi connectivity index (χ4n) is 2.12. The third kappa shape index (κ3) is 2.60. The highest BCUT2D eigenvalue weighted by atomic mass is 35.5. The Labute approximate surface area is 134 Å². The van der Waals surface area contributed by atoms with Crippen molar-refractivity contribution in [1.82, 2.24) is 14.8 Å². The number of hydrogen-bond donors (Lipinski definition) is 1. The highest BCUT2D eigenvalue weighted by Crippen LogP contribution is 2.29. The smallest absolute Gasteiger partial charge is 0.294 e. The monoisotopic (exact) mass is 334 g/mol. The summed E-state index contributed by atoms with van der Waals surface area (Å²) < 4.78 is 1.74. The first-order valence-corrected chi connectivity index (χ1v) is 7.57. The molecule has 0 radical (unpaired) electrons. The molecule has 0 atom stereocenters. The number of carbonyl (C=O) groups excluding carboxylic acids is 1. The first-order chi connectivity index (χ1) is 10.5. The zero-order valence-corrected chi connectivity index (χ0v) is 13.1. The van der Waals surface area contributed by atoms with Gasteiger partial charge in [0.05, 0.1) is 9.71 Å². The minimum atomic E-state index is -0.636. The number of rotatable bonds is 3. The number of primary amides is 1. The molecule has 0 aliphatic heterocycles. The number of aryl methyl sites for hydroxylation is 1. The Kier molecular flexibility index (Phi) is 3.67. The van der Waals surface area contributed by atoms with Gasteiger partial charge < -0.3 is 5.73 Å². The quantitative estimate of drug-likeness (QED) is 0.792. The van der Waals surface area contributed by atoms with Crippen molar-refractivity contribution < 1.29 is 4.79 Å². The van der Waals surface area contributed by atoms with Crippen molar-refractivity contribution in [3.63, 3.8) is 0 Å². The largest absolute Gasteiger partial charge is 0.368 e. The van der Waals surface area contributed by atoms with Crippen LogP contribution < -0.4 is 11.3 Å². The number of carbonyl (C=O) groups is 1. The van der Waals surface area contributed by atoms with Crippen molar-refractivity contribution in [2.24, 2.45) is 5.73 Å². The van der Waals surface area contributed by atoms with Crippen LogP contribution in [0.5, 0.6) is 0 Å². The molecule has 0 fully saturated rings. The number of thiazole rings is 1. The molecule has 2 heterocycles. The molecule has 2 N–H and O–H groups in total. The molecule has 112 valence electrons. The standard InChI is InChI=1S/C14H11ClN4O2S/c1-7-17-12-13(22-7)11(8-2-4-9(15)5-3-8)18-19(14(12)21)6-10(16)20/h2-5H,6H2,1H3,(H2,16,20). The Bertz CT molecular complexity index is 930. The molecule has 1 amide bonds. The molecule has 3 rings (SSSR count). The van der Waals surface area contributed by atoms with Crippen molar-refractivity contribution in [3.8, 4) is 11.3 Å². The van der Waals surface area contributed by atoms with E-state index in [9.17, 15) is 9.59 Å². The summed E-state index contributed by atoms with van der Waals surface area (Å²) in [6.07, 6.45) is 0. The number of nitrogens with zero attached hydrogens (tertiary/aromatic N) is 3. The van der Waals surface area contributed by atoms with Crippen molar-refractivity contribution in [2.45, 2.75) is 13.5 Å². The van der Waals surface area contributed by atoms with E-state index in [-0.39, 0.29) is 6.54 Å². The van der Waals surface area contributed by atoms with Crippen molar-refractivity contribution >= 4 is 39.1 Å². The summed E-state index contributed by atoms with van der Waals surface area (Å²) in [5.41, 5.74) is 6.42. The lowest BCUT2D eigenvalue weighted by Crippen LogP contribution is -2.30. The molecule has 0 spiro atoms.